The first-order chi connectivity index (χ1) is 12.9. The molecule has 1 heterocycles. The number of sulfonamides is 1. The Morgan fingerprint density at radius 3 is 2.52 bits per heavy atom. The number of hydrazone groups is 1. The average molecular weight is 398 g/mol. The minimum Gasteiger partial charge on any atom is -0.257 e. The molecule has 0 aromatic heterocycles. The highest BCUT2D eigenvalue weighted by Gasteiger charge is 2.31. The second-order valence-corrected chi connectivity index (χ2v) is 8.22. The molecule has 2 aliphatic rings. The fraction of sp³-hybridized carbons (Fsp3) is 0.100. The van der Waals surface area contributed by atoms with Crippen molar-refractivity contribution in [1.82, 2.24) is 0 Å². The molecular weight excluding hydrogens is 382 g/mol. The summed E-state index contributed by atoms with van der Waals surface area (Å²) >= 11 is 6.43. The highest BCUT2D eigenvalue weighted by Crippen LogP contribution is 2.39. The van der Waals surface area contributed by atoms with E-state index in [4.69, 9.17) is 21.8 Å². The number of hydrogen-bond donors (Lipinski definition) is 1. The molecule has 0 spiro atoms. The molecule has 27 heavy (non-hydrogen) atoms. The van der Waals surface area contributed by atoms with Gasteiger partial charge >= 0.3 is 0 Å². The average Bonchev–Trinajstić information content (AvgIpc) is 3.31. The molecule has 0 amide bonds. The van der Waals surface area contributed by atoms with E-state index in [1.54, 1.807) is 12.1 Å². The third-order valence-corrected chi connectivity index (χ3v) is 5.79. The van der Waals surface area contributed by atoms with Crippen LogP contribution in [-0.4, -0.2) is 14.1 Å². The third kappa shape index (κ3) is 3.48. The van der Waals surface area contributed by atoms with E-state index in [1.165, 1.54) is 12.1 Å². The Morgan fingerprint density at radius 1 is 1.15 bits per heavy atom. The molecule has 0 saturated heterocycles. The van der Waals surface area contributed by atoms with Crippen molar-refractivity contribution in [2.75, 3.05) is 5.01 Å². The summed E-state index contributed by atoms with van der Waals surface area (Å²) in [4.78, 5) is 0.0633. The summed E-state index contributed by atoms with van der Waals surface area (Å²) in [5.41, 5.74) is 6.74. The van der Waals surface area contributed by atoms with Gasteiger partial charge in [0.05, 0.1) is 22.3 Å². The summed E-state index contributed by atoms with van der Waals surface area (Å²) in [5, 5.41) is 12.5. The first kappa shape index (κ1) is 17.8. The molecule has 7 heteroatoms. The molecule has 0 saturated carbocycles. The third-order valence-electron chi connectivity index (χ3n) is 4.51. The van der Waals surface area contributed by atoms with Gasteiger partial charge in [0, 0.05) is 17.0 Å². The van der Waals surface area contributed by atoms with E-state index >= 15 is 0 Å². The Hall–Kier alpha value is -2.63. The van der Waals surface area contributed by atoms with Crippen molar-refractivity contribution in [1.29, 1.82) is 0 Å². The minimum atomic E-state index is -3.74. The molecule has 5 nitrogen and oxygen atoms in total. The molecule has 1 aliphatic carbocycles. The molecule has 136 valence electrons. The number of hydrogen-bond acceptors (Lipinski definition) is 4. The van der Waals surface area contributed by atoms with Crippen LogP contribution in [0, 0.1) is 0 Å². The number of halogens is 1. The molecule has 0 fully saturated rings. The molecule has 0 bridgehead atoms. The second-order valence-electron chi connectivity index (χ2n) is 6.26. The molecule has 1 aliphatic heterocycles. The van der Waals surface area contributed by atoms with Crippen molar-refractivity contribution < 1.29 is 8.42 Å². The Kier molecular flexibility index (Phi) is 4.50. The molecule has 2 aromatic rings. The normalized spacial score (nSPS) is 18.7. The lowest BCUT2D eigenvalue weighted by molar-refractivity contribution is 0.598. The van der Waals surface area contributed by atoms with Gasteiger partial charge in [-0.1, -0.05) is 35.9 Å². The predicted octanol–water partition coefficient (Wildman–Crippen LogP) is 3.95. The molecule has 2 N–H and O–H groups in total. The topological polar surface area (TPSA) is 75.8 Å². The Balaban J connectivity index is 1.77. The fourth-order valence-electron chi connectivity index (χ4n) is 3.20. The zero-order valence-corrected chi connectivity index (χ0v) is 15.8. The van der Waals surface area contributed by atoms with Crippen LogP contribution in [0.15, 0.2) is 88.1 Å². The van der Waals surface area contributed by atoms with E-state index in [0.29, 0.717) is 11.4 Å². The Morgan fingerprint density at radius 2 is 1.89 bits per heavy atom. The smallest absolute Gasteiger partial charge is 0.238 e. The summed E-state index contributed by atoms with van der Waals surface area (Å²) in [6.07, 6.45) is 6.41. The zero-order chi connectivity index (χ0) is 19.0. The molecule has 1 unspecified atom stereocenters. The van der Waals surface area contributed by atoms with Crippen LogP contribution in [0.25, 0.3) is 0 Å². The van der Waals surface area contributed by atoms with Crippen LogP contribution in [0.5, 0.6) is 0 Å². The number of nitrogens with zero attached hydrogens (tertiary/aromatic N) is 2. The molecule has 4 rings (SSSR count). The van der Waals surface area contributed by atoms with Gasteiger partial charge in [0.2, 0.25) is 10.0 Å². The van der Waals surface area contributed by atoms with Gasteiger partial charge in [-0.2, -0.15) is 5.10 Å². The van der Waals surface area contributed by atoms with Crippen LogP contribution >= 0.6 is 11.6 Å². The second kappa shape index (κ2) is 6.83. The van der Waals surface area contributed by atoms with Crippen molar-refractivity contribution in [3.8, 4) is 0 Å². The first-order valence-electron chi connectivity index (χ1n) is 8.31. The van der Waals surface area contributed by atoms with Crippen LogP contribution in [0.2, 0.25) is 5.02 Å². The van der Waals surface area contributed by atoms with Crippen LogP contribution in [0.3, 0.4) is 0 Å². The van der Waals surface area contributed by atoms with Crippen LogP contribution < -0.4 is 10.1 Å². The van der Waals surface area contributed by atoms with E-state index in [2.05, 4.69) is 5.73 Å². The van der Waals surface area contributed by atoms with Crippen molar-refractivity contribution in [2.24, 2.45) is 10.2 Å². The van der Waals surface area contributed by atoms with Gasteiger partial charge in [0.15, 0.2) is 0 Å². The lowest BCUT2D eigenvalue weighted by atomic mass is 9.98. The van der Waals surface area contributed by atoms with E-state index in [9.17, 15) is 8.42 Å². The maximum absolute atomic E-state index is 11.5. The zero-order valence-electron chi connectivity index (χ0n) is 14.2. The van der Waals surface area contributed by atoms with Gasteiger partial charge in [0.1, 0.15) is 0 Å². The van der Waals surface area contributed by atoms with E-state index in [-0.39, 0.29) is 10.9 Å². The van der Waals surface area contributed by atoms with Gasteiger partial charge in [-0.05, 0) is 48.0 Å². The Labute approximate surface area is 162 Å². The van der Waals surface area contributed by atoms with Gasteiger partial charge < -0.3 is 0 Å². The maximum atomic E-state index is 11.5. The number of benzene rings is 2. The van der Waals surface area contributed by atoms with Gasteiger partial charge in [-0.3, -0.25) is 5.01 Å². The van der Waals surface area contributed by atoms with Crippen molar-refractivity contribution in [3.63, 3.8) is 0 Å². The lowest BCUT2D eigenvalue weighted by Crippen LogP contribution is -2.19. The summed E-state index contributed by atoms with van der Waals surface area (Å²) in [6, 6.07) is 13.9. The number of nitrogens with two attached hydrogens (primary N) is 1. The standard InChI is InChI=1S/C20H16ClN3O2S/c21-18-8-4-3-7-17(18)20-13-19(14-5-1-2-6-14)23-24(20)15-9-11-16(12-10-15)27(22,25)26/h1-5,7-12,20H,13H2,(H2,22,25,26). The minimum absolute atomic E-state index is 0.0633. The van der Waals surface area contributed by atoms with Crippen LogP contribution in [0.4, 0.5) is 5.69 Å². The number of anilines is 1. The highest BCUT2D eigenvalue weighted by molar-refractivity contribution is 7.89. The summed E-state index contributed by atoms with van der Waals surface area (Å²) < 4.78 is 23.0. The fourth-order valence-corrected chi connectivity index (χ4v) is 3.97. The largest absolute Gasteiger partial charge is 0.257 e. The van der Waals surface area contributed by atoms with Crippen LogP contribution in [0.1, 0.15) is 18.0 Å². The summed E-state index contributed by atoms with van der Waals surface area (Å²) in [7, 11) is -3.74. The Bertz CT molecular complexity index is 1130. The quantitative estimate of drug-likeness (QED) is 0.793. The monoisotopic (exact) mass is 397 g/mol. The lowest BCUT2D eigenvalue weighted by Gasteiger charge is -2.24. The summed E-state index contributed by atoms with van der Waals surface area (Å²) in [6.45, 7) is 0. The van der Waals surface area contributed by atoms with Crippen LogP contribution in [-0.2, 0) is 10.0 Å². The molecule has 0 radical (unpaired) electrons. The molecule has 1 atom stereocenters. The number of rotatable bonds is 4. The van der Waals surface area contributed by atoms with E-state index in [0.717, 1.165) is 22.5 Å². The number of primary sulfonamides is 1. The highest BCUT2D eigenvalue weighted by atomic mass is 35.5. The van der Waals surface area contributed by atoms with Gasteiger partial charge in [0.25, 0.3) is 0 Å². The van der Waals surface area contributed by atoms with E-state index in [1.807, 2.05) is 47.5 Å². The first-order valence-corrected chi connectivity index (χ1v) is 10.2. The van der Waals surface area contributed by atoms with Crippen molar-refractivity contribution in [3.05, 3.63) is 88.6 Å². The van der Waals surface area contributed by atoms with Gasteiger partial charge in [-0.25, -0.2) is 13.6 Å². The maximum Gasteiger partial charge on any atom is 0.238 e. The molecular formula is C20H16ClN3O2S. The summed E-state index contributed by atoms with van der Waals surface area (Å²) in [5.74, 6) is 0. The number of allylic oxidation sites excluding steroid dienone is 3. The van der Waals surface area contributed by atoms with Crippen molar-refractivity contribution >= 4 is 33.0 Å². The van der Waals surface area contributed by atoms with E-state index < -0.39 is 10.0 Å². The SMILES string of the molecule is NS(=O)(=O)c1ccc(N2N=C(C3=C=CC=C3)CC2c2ccccc2Cl)cc1. The predicted molar refractivity (Wildman–Crippen MR) is 107 cm³/mol. The van der Waals surface area contributed by atoms with Gasteiger partial charge in [-0.15, -0.1) is 5.73 Å². The molecule has 2 aromatic carbocycles. The van der Waals surface area contributed by atoms with Crippen molar-refractivity contribution in [2.45, 2.75) is 17.4 Å².